The molecule has 2 N–H and O–H groups in total. The summed E-state index contributed by atoms with van der Waals surface area (Å²) in [5.74, 6) is -2.38. The number of carbonyl (C=O) groups is 1. The lowest BCUT2D eigenvalue weighted by atomic mass is 10.1. The van der Waals surface area contributed by atoms with Crippen LogP contribution in [0, 0.1) is 12.7 Å². The molecular formula is C13H15FN2O4S. The van der Waals surface area contributed by atoms with Crippen molar-refractivity contribution in [3.63, 3.8) is 0 Å². The van der Waals surface area contributed by atoms with E-state index in [9.17, 15) is 17.6 Å². The molecule has 1 heterocycles. The van der Waals surface area contributed by atoms with Gasteiger partial charge in [0.05, 0.1) is 11.3 Å². The van der Waals surface area contributed by atoms with E-state index in [1.54, 1.807) is 6.08 Å². The molecule has 0 spiro atoms. The van der Waals surface area contributed by atoms with Gasteiger partial charge in [-0.05, 0) is 31.0 Å². The minimum Gasteiger partial charge on any atom is -0.478 e. The van der Waals surface area contributed by atoms with Crippen LogP contribution in [0.25, 0.3) is 0 Å². The molecule has 0 aromatic heterocycles. The predicted octanol–water partition coefficient (Wildman–Crippen LogP) is 1.75. The highest BCUT2D eigenvalue weighted by molar-refractivity contribution is 7.90. The summed E-state index contributed by atoms with van der Waals surface area (Å²) in [6.45, 7) is 2.12. The quantitative estimate of drug-likeness (QED) is 0.829. The lowest BCUT2D eigenvalue weighted by Gasteiger charge is -2.24. The van der Waals surface area contributed by atoms with Gasteiger partial charge in [0.15, 0.2) is 0 Å². The first-order valence-electron chi connectivity index (χ1n) is 6.27. The summed E-state index contributed by atoms with van der Waals surface area (Å²) in [5, 5.41) is 8.82. The first-order valence-corrected chi connectivity index (χ1v) is 7.71. The molecule has 0 saturated heterocycles. The van der Waals surface area contributed by atoms with Gasteiger partial charge in [0.2, 0.25) is 0 Å². The smallest absolute Gasteiger partial charge is 0.338 e. The standard InChI is InChI=1S/C13H15FN2O4S/c1-9-7-10(13(17)18)11(14)8-12(9)15-21(19,20)16-5-3-2-4-6-16/h2-3,7-8,15H,4-6H2,1H3,(H,17,18). The molecule has 0 fully saturated rings. The van der Waals surface area contributed by atoms with E-state index in [0.717, 1.165) is 12.1 Å². The van der Waals surface area contributed by atoms with E-state index >= 15 is 0 Å². The average Bonchev–Trinajstić information content (AvgIpc) is 2.43. The second kappa shape index (κ2) is 5.82. The number of nitrogens with zero attached hydrogens (tertiary/aromatic N) is 1. The molecule has 2 rings (SSSR count). The highest BCUT2D eigenvalue weighted by atomic mass is 32.2. The molecule has 0 bridgehead atoms. The van der Waals surface area contributed by atoms with Gasteiger partial charge in [0.1, 0.15) is 5.82 Å². The molecule has 1 aromatic carbocycles. The first kappa shape index (κ1) is 15.5. The number of anilines is 1. The van der Waals surface area contributed by atoms with Crippen molar-refractivity contribution in [3.05, 3.63) is 41.2 Å². The van der Waals surface area contributed by atoms with Crippen molar-refractivity contribution in [2.75, 3.05) is 17.8 Å². The molecule has 114 valence electrons. The highest BCUT2D eigenvalue weighted by Crippen LogP contribution is 2.22. The number of hydrogen-bond acceptors (Lipinski definition) is 3. The molecular weight excluding hydrogens is 299 g/mol. The van der Waals surface area contributed by atoms with E-state index in [-0.39, 0.29) is 12.2 Å². The van der Waals surface area contributed by atoms with Gasteiger partial charge in [-0.1, -0.05) is 12.2 Å². The van der Waals surface area contributed by atoms with Gasteiger partial charge in [-0.25, -0.2) is 9.18 Å². The van der Waals surface area contributed by atoms with Crippen molar-refractivity contribution >= 4 is 21.9 Å². The topological polar surface area (TPSA) is 86.7 Å². The normalized spacial score (nSPS) is 15.9. The molecule has 0 unspecified atom stereocenters. The molecule has 8 heteroatoms. The zero-order chi connectivity index (χ0) is 15.6. The largest absolute Gasteiger partial charge is 0.478 e. The van der Waals surface area contributed by atoms with Crippen molar-refractivity contribution in [2.45, 2.75) is 13.3 Å². The molecule has 0 radical (unpaired) electrons. The predicted molar refractivity (Wildman–Crippen MR) is 76.0 cm³/mol. The number of hydrogen-bond donors (Lipinski definition) is 2. The molecule has 0 aliphatic carbocycles. The maximum atomic E-state index is 13.7. The number of rotatable bonds is 4. The molecule has 0 amide bonds. The van der Waals surface area contributed by atoms with Crippen LogP contribution in [0.5, 0.6) is 0 Å². The Hall–Kier alpha value is -1.93. The zero-order valence-electron chi connectivity index (χ0n) is 11.3. The third-order valence-corrected chi connectivity index (χ3v) is 4.63. The second-order valence-corrected chi connectivity index (χ2v) is 6.35. The van der Waals surface area contributed by atoms with Crippen LogP contribution in [-0.4, -0.2) is 36.9 Å². The van der Waals surface area contributed by atoms with Crippen molar-refractivity contribution in [2.24, 2.45) is 0 Å². The minimum atomic E-state index is -3.79. The molecule has 1 aromatic rings. The van der Waals surface area contributed by atoms with Gasteiger partial charge < -0.3 is 5.11 Å². The fraction of sp³-hybridized carbons (Fsp3) is 0.308. The Morgan fingerprint density at radius 2 is 2.10 bits per heavy atom. The van der Waals surface area contributed by atoms with Crippen LogP contribution in [0.2, 0.25) is 0 Å². The summed E-state index contributed by atoms with van der Waals surface area (Å²) in [6.07, 6.45) is 4.24. The van der Waals surface area contributed by atoms with Crippen LogP contribution in [0.1, 0.15) is 22.3 Å². The average molecular weight is 314 g/mol. The first-order chi connectivity index (χ1) is 9.81. The van der Waals surface area contributed by atoms with Crippen molar-refractivity contribution in [3.8, 4) is 0 Å². The number of benzene rings is 1. The number of aromatic carboxylic acids is 1. The Bertz CT molecular complexity index is 700. The van der Waals surface area contributed by atoms with Crippen molar-refractivity contribution in [1.29, 1.82) is 0 Å². The van der Waals surface area contributed by atoms with Crippen LogP contribution in [0.3, 0.4) is 0 Å². The molecule has 6 nitrogen and oxygen atoms in total. The lowest BCUT2D eigenvalue weighted by molar-refractivity contribution is 0.0692. The van der Waals surface area contributed by atoms with Crippen LogP contribution in [0.4, 0.5) is 10.1 Å². The second-order valence-electron chi connectivity index (χ2n) is 4.68. The Labute approximate surface area is 122 Å². The highest BCUT2D eigenvalue weighted by Gasteiger charge is 2.23. The Balaban J connectivity index is 2.29. The number of halogens is 1. The van der Waals surface area contributed by atoms with Crippen molar-refractivity contribution < 1.29 is 22.7 Å². The number of carboxylic acids is 1. The Kier molecular flexibility index (Phi) is 4.29. The molecule has 1 aliphatic rings. The van der Waals surface area contributed by atoms with E-state index in [1.807, 2.05) is 6.08 Å². The number of carboxylic acid groups (broad SMARTS) is 1. The molecule has 0 atom stereocenters. The van der Waals surface area contributed by atoms with Gasteiger partial charge in [-0.2, -0.15) is 12.7 Å². The molecule has 1 aliphatic heterocycles. The summed E-state index contributed by atoms with van der Waals surface area (Å²) in [4.78, 5) is 10.8. The van der Waals surface area contributed by atoms with Gasteiger partial charge in [-0.15, -0.1) is 0 Å². The van der Waals surface area contributed by atoms with E-state index in [0.29, 0.717) is 18.5 Å². The van der Waals surface area contributed by atoms with Gasteiger partial charge >= 0.3 is 16.2 Å². The number of aryl methyl sites for hydroxylation is 1. The Morgan fingerprint density at radius 3 is 2.67 bits per heavy atom. The van der Waals surface area contributed by atoms with Crippen LogP contribution < -0.4 is 4.72 Å². The van der Waals surface area contributed by atoms with Gasteiger partial charge in [-0.3, -0.25) is 4.72 Å². The fourth-order valence-electron chi connectivity index (χ4n) is 2.00. The third-order valence-electron chi connectivity index (χ3n) is 3.14. The minimum absolute atomic E-state index is 0.0343. The summed E-state index contributed by atoms with van der Waals surface area (Å²) in [5.41, 5.74) is -0.117. The van der Waals surface area contributed by atoms with E-state index in [4.69, 9.17) is 5.11 Å². The SMILES string of the molecule is Cc1cc(C(=O)O)c(F)cc1NS(=O)(=O)N1CC=CCC1. The summed E-state index contributed by atoms with van der Waals surface area (Å²) >= 11 is 0. The number of nitrogens with one attached hydrogen (secondary N) is 1. The molecule has 21 heavy (non-hydrogen) atoms. The fourth-order valence-corrected chi connectivity index (χ4v) is 3.25. The maximum Gasteiger partial charge on any atom is 0.338 e. The third kappa shape index (κ3) is 3.40. The van der Waals surface area contributed by atoms with Crippen LogP contribution >= 0.6 is 0 Å². The van der Waals surface area contributed by atoms with E-state index in [2.05, 4.69) is 4.72 Å². The van der Waals surface area contributed by atoms with Gasteiger partial charge in [0, 0.05) is 13.1 Å². The molecule has 0 saturated carbocycles. The summed E-state index contributed by atoms with van der Waals surface area (Å²) in [6, 6.07) is 1.99. The van der Waals surface area contributed by atoms with Gasteiger partial charge in [0.25, 0.3) is 0 Å². The zero-order valence-corrected chi connectivity index (χ0v) is 12.2. The summed E-state index contributed by atoms with van der Waals surface area (Å²) < 4.78 is 41.5. The van der Waals surface area contributed by atoms with Crippen LogP contribution in [0.15, 0.2) is 24.3 Å². The van der Waals surface area contributed by atoms with Crippen molar-refractivity contribution in [1.82, 2.24) is 4.31 Å². The Morgan fingerprint density at radius 1 is 1.38 bits per heavy atom. The lowest BCUT2D eigenvalue weighted by Crippen LogP contribution is -2.38. The maximum absolute atomic E-state index is 13.7. The van der Waals surface area contributed by atoms with Crippen LogP contribution in [-0.2, 0) is 10.2 Å². The monoisotopic (exact) mass is 314 g/mol. The van der Waals surface area contributed by atoms with E-state index < -0.39 is 27.6 Å². The van der Waals surface area contributed by atoms with E-state index in [1.165, 1.54) is 11.2 Å². The summed E-state index contributed by atoms with van der Waals surface area (Å²) in [7, 11) is -3.79.